The van der Waals surface area contributed by atoms with Gasteiger partial charge in [0.1, 0.15) is 0 Å². The second-order valence-electron chi connectivity index (χ2n) is 6.52. The average Bonchev–Trinajstić information content (AvgIpc) is 2.85. The molecule has 23 heavy (non-hydrogen) atoms. The zero-order chi connectivity index (χ0) is 16.2. The lowest BCUT2D eigenvalue weighted by atomic mass is 10.1. The molecule has 1 amide bonds. The van der Waals surface area contributed by atoms with E-state index in [1.54, 1.807) is 0 Å². The number of carbonyl (C=O) groups is 1. The van der Waals surface area contributed by atoms with Crippen LogP contribution in [-0.2, 0) is 11.3 Å². The van der Waals surface area contributed by atoms with E-state index >= 15 is 0 Å². The fourth-order valence-corrected chi connectivity index (χ4v) is 3.21. The summed E-state index contributed by atoms with van der Waals surface area (Å²) in [6.45, 7) is 4.82. The summed E-state index contributed by atoms with van der Waals surface area (Å²) in [5.41, 5.74) is 1.13. The monoisotopic (exact) mass is 318 g/mol. The molecule has 0 spiro atoms. The summed E-state index contributed by atoms with van der Waals surface area (Å²) in [7, 11) is 2.00. The quantitative estimate of drug-likeness (QED) is 0.856. The Bertz CT molecular complexity index is 553. The number of carbonyl (C=O) groups excluding carboxylic acids is 1. The number of likely N-dealkylation sites (tertiary alicyclic amines) is 1. The normalized spacial score (nSPS) is 18.8. The van der Waals surface area contributed by atoms with Gasteiger partial charge in [-0.1, -0.05) is 18.9 Å². The zero-order valence-corrected chi connectivity index (χ0v) is 14.1. The van der Waals surface area contributed by atoms with Crippen LogP contribution in [0, 0.1) is 0 Å². The number of nitrogens with zero attached hydrogens (tertiary/aromatic N) is 2. The summed E-state index contributed by atoms with van der Waals surface area (Å²) in [4.78, 5) is 16.8. The molecule has 5 nitrogen and oxygen atoms in total. The maximum Gasteiger partial charge on any atom is 0.239 e. The fourth-order valence-electron chi connectivity index (χ4n) is 3.21. The van der Waals surface area contributed by atoms with Crippen molar-refractivity contribution in [2.75, 3.05) is 26.9 Å². The van der Waals surface area contributed by atoms with Gasteiger partial charge in [-0.15, -0.1) is 0 Å². The first-order valence-electron chi connectivity index (χ1n) is 8.53. The third-order valence-electron chi connectivity index (χ3n) is 4.81. The Morgan fingerprint density at radius 2 is 1.87 bits per heavy atom. The van der Waals surface area contributed by atoms with Gasteiger partial charge in [0, 0.05) is 19.6 Å². The molecule has 3 rings (SSSR count). The highest BCUT2D eigenvalue weighted by Crippen LogP contribution is 2.32. The van der Waals surface area contributed by atoms with Crippen LogP contribution in [0.25, 0.3) is 0 Å². The van der Waals surface area contributed by atoms with E-state index in [0.717, 1.165) is 49.5 Å². The Balaban J connectivity index is 1.60. The molecule has 2 heterocycles. The number of rotatable bonds is 4. The van der Waals surface area contributed by atoms with E-state index < -0.39 is 0 Å². The molecule has 0 aromatic heterocycles. The SMILES string of the molecule is CC(C(=O)N1CCCCCC1)N(C)Cc1ccc2c(c1)OCO2. The highest BCUT2D eigenvalue weighted by atomic mass is 16.7. The molecule has 1 aromatic carbocycles. The van der Waals surface area contributed by atoms with Gasteiger partial charge >= 0.3 is 0 Å². The van der Waals surface area contributed by atoms with Gasteiger partial charge in [0.15, 0.2) is 11.5 Å². The number of amides is 1. The van der Waals surface area contributed by atoms with Crippen molar-refractivity contribution in [1.82, 2.24) is 9.80 Å². The molecular weight excluding hydrogens is 292 g/mol. The molecule has 0 saturated carbocycles. The second-order valence-corrected chi connectivity index (χ2v) is 6.52. The number of hydrogen-bond acceptors (Lipinski definition) is 4. The molecule has 0 bridgehead atoms. The van der Waals surface area contributed by atoms with Crippen molar-refractivity contribution in [1.29, 1.82) is 0 Å². The topological polar surface area (TPSA) is 42.0 Å². The number of ether oxygens (including phenoxy) is 2. The molecule has 1 aromatic rings. The van der Waals surface area contributed by atoms with Crippen molar-refractivity contribution in [3.63, 3.8) is 0 Å². The predicted octanol–water partition coefficient (Wildman–Crippen LogP) is 2.64. The molecule has 1 saturated heterocycles. The van der Waals surface area contributed by atoms with Crippen molar-refractivity contribution in [3.05, 3.63) is 23.8 Å². The molecule has 0 N–H and O–H groups in total. The van der Waals surface area contributed by atoms with Gasteiger partial charge in [-0.3, -0.25) is 9.69 Å². The Morgan fingerprint density at radius 3 is 2.61 bits per heavy atom. The highest BCUT2D eigenvalue weighted by molar-refractivity contribution is 5.81. The summed E-state index contributed by atoms with van der Waals surface area (Å²) in [5.74, 6) is 1.84. The minimum absolute atomic E-state index is 0.112. The molecular formula is C18H26N2O3. The van der Waals surface area contributed by atoms with E-state index in [-0.39, 0.29) is 11.9 Å². The fraction of sp³-hybridized carbons (Fsp3) is 0.611. The summed E-state index contributed by atoms with van der Waals surface area (Å²) >= 11 is 0. The van der Waals surface area contributed by atoms with Crippen molar-refractivity contribution in [3.8, 4) is 11.5 Å². The second kappa shape index (κ2) is 7.21. The Labute approximate surface area is 138 Å². The molecule has 126 valence electrons. The maximum absolute atomic E-state index is 12.7. The lowest BCUT2D eigenvalue weighted by Crippen LogP contribution is -2.45. The van der Waals surface area contributed by atoms with Crippen molar-refractivity contribution < 1.29 is 14.3 Å². The largest absolute Gasteiger partial charge is 0.454 e. The van der Waals surface area contributed by atoms with Gasteiger partial charge in [0.25, 0.3) is 0 Å². The van der Waals surface area contributed by atoms with E-state index in [1.165, 1.54) is 12.8 Å². The van der Waals surface area contributed by atoms with Gasteiger partial charge in [0.05, 0.1) is 6.04 Å². The minimum Gasteiger partial charge on any atom is -0.454 e. The number of hydrogen-bond donors (Lipinski definition) is 0. The van der Waals surface area contributed by atoms with E-state index in [0.29, 0.717) is 6.79 Å². The van der Waals surface area contributed by atoms with Crippen molar-refractivity contribution in [2.24, 2.45) is 0 Å². The van der Waals surface area contributed by atoms with Crippen LogP contribution >= 0.6 is 0 Å². The Hall–Kier alpha value is -1.75. The maximum atomic E-state index is 12.7. The van der Waals surface area contributed by atoms with Crippen LogP contribution in [0.4, 0.5) is 0 Å². The van der Waals surface area contributed by atoms with Crippen LogP contribution in [0.5, 0.6) is 11.5 Å². The van der Waals surface area contributed by atoms with E-state index in [2.05, 4.69) is 4.90 Å². The first-order valence-corrected chi connectivity index (χ1v) is 8.53. The average molecular weight is 318 g/mol. The molecule has 0 aliphatic carbocycles. The molecule has 1 fully saturated rings. The number of benzene rings is 1. The molecule has 2 aliphatic heterocycles. The third kappa shape index (κ3) is 3.78. The van der Waals surface area contributed by atoms with Gasteiger partial charge in [-0.2, -0.15) is 0 Å². The lowest BCUT2D eigenvalue weighted by Gasteiger charge is -2.29. The zero-order valence-electron chi connectivity index (χ0n) is 14.1. The standard InChI is InChI=1S/C18H26N2O3/c1-14(18(21)20-9-5-3-4-6-10-20)19(2)12-15-7-8-16-17(11-15)23-13-22-16/h7-8,11,14H,3-6,9-10,12-13H2,1-2H3. The smallest absolute Gasteiger partial charge is 0.239 e. The summed E-state index contributed by atoms with van der Waals surface area (Å²) in [6, 6.07) is 5.86. The first-order chi connectivity index (χ1) is 11.1. The van der Waals surface area contributed by atoms with E-state index in [4.69, 9.17) is 9.47 Å². The van der Waals surface area contributed by atoms with Crippen LogP contribution in [0.1, 0.15) is 38.2 Å². The van der Waals surface area contributed by atoms with Gasteiger partial charge in [-0.05, 0) is 44.5 Å². The van der Waals surface area contributed by atoms with Crippen molar-refractivity contribution >= 4 is 5.91 Å². The summed E-state index contributed by atoms with van der Waals surface area (Å²) < 4.78 is 10.8. The Kier molecular flexibility index (Phi) is 5.06. The van der Waals surface area contributed by atoms with Gasteiger partial charge < -0.3 is 14.4 Å². The molecule has 0 radical (unpaired) electrons. The van der Waals surface area contributed by atoms with Crippen LogP contribution in [0.2, 0.25) is 0 Å². The number of fused-ring (bicyclic) bond motifs is 1. The molecule has 1 unspecified atom stereocenters. The first kappa shape index (κ1) is 16.1. The van der Waals surface area contributed by atoms with Crippen LogP contribution in [0.3, 0.4) is 0 Å². The minimum atomic E-state index is -0.112. The van der Waals surface area contributed by atoms with Gasteiger partial charge in [0.2, 0.25) is 12.7 Å². The highest BCUT2D eigenvalue weighted by Gasteiger charge is 2.25. The number of likely N-dealkylation sites (N-methyl/N-ethyl adjacent to an activating group) is 1. The van der Waals surface area contributed by atoms with E-state index in [9.17, 15) is 4.79 Å². The lowest BCUT2D eigenvalue weighted by molar-refractivity contribution is -0.136. The van der Waals surface area contributed by atoms with E-state index in [1.807, 2.05) is 37.1 Å². The predicted molar refractivity (Wildman–Crippen MR) is 88.5 cm³/mol. The third-order valence-corrected chi connectivity index (χ3v) is 4.81. The Morgan fingerprint density at radius 1 is 1.17 bits per heavy atom. The molecule has 5 heteroatoms. The van der Waals surface area contributed by atoms with Crippen LogP contribution in [-0.4, -0.2) is 48.7 Å². The van der Waals surface area contributed by atoms with Gasteiger partial charge in [-0.25, -0.2) is 0 Å². The molecule has 2 aliphatic rings. The molecule has 1 atom stereocenters. The summed E-state index contributed by atoms with van der Waals surface area (Å²) in [5, 5.41) is 0. The van der Waals surface area contributed by atoms with Crippen LogP contribution < -0.4 is 9.47 Å². The summed E-state index contributed by atoms with van der Waals surface area (Å²) in [6.07, 6.45) is 4.74. The van der Waals surface area contributed by atoms with Crippen molar-refractivity contribution in [2.45, 2.75) is 45.2 Å². The van der Waals surface area contributed by atoms with Crippen LogP contribution in [0.15, 0.2) is 18.2 Å².